The Morgan fingerprint density at radius 3 is 2.43 bits per heavy atom. The fraction of sp³-hybridized carbons (Fsp3) is 0.278. The molecule has 4 nitrogen and oxygen atoms in total. The molecule has 0 saturated heterocycles. The molecule has 124 valence electrons. The van der Waals surface area contributed by atoms with Crippen LogP contribution in [-0.4, -0.2) is 12.5 Å². The van der Waals surface area contributed by atoms with Crippen molar-refractivity contribution < 1.29 is 9.53 Å². The van der Waals surface area contributed by atoms with Gasteiger partial charge in [-0.1, -0.05) is 36.4 Å². The van der Waals surface area contributed by atoms with E-state index in [1.807, 2.05) is 55.5 Å². The first-order chi connectivity index (χ1) is 10.7. The van der Waals surface area contributed by atoms with Crippen molar-refractivity contribution in [2.45, 2.75) is 26.3 Å². The van der Waals surface area contributed by atoms with Crippen LogP contribution in [0.15, 0.2) is 48.5 Å². The second-order valence-corrected chi connectivity index (χ2v) is 5.14. The summed E-state index contributed by atoms with van der Waals surface area (Å²) in [6, 6.07) is 15.6. The third kappa shape index (κ3) is 5.93. The van der Waals surface area contributed by atoms with E-state index in [0.717, 1.165) is 22.6 Å². The average Bonchev–Trinajstić information content (AvgIpc) is 2.54. The Morgan fingerprint density at radius 2 is 1.74 bits per heavy atom. The van der Waals surface area contributed by atoms with Crippen LogP contribution in [0.3, 0.4) is 0 Å². The van der Waals surface area contributed by atoms with Crippen LogP contribution in [0.1, 0.15) is 24.0 Å². The summed E-state index contributed by atoms with van der Waals surface area (Å²) in [4.78, 5) is 11.7. The molecule has 0 aromatic heterocycles. The highest BCUT2D eigenvalue weighted by atomic mass is 35.5. The van der Waals surface area contributed by atoms with Crippen molar-refractivity contribution in [3.05, 3.63) is 59.7 Å². The smallest absolute Gasteiger partial charge is 0.220 e. The summed E-state index contributed by atoms with van der Waals surface area (Å²) in [5, 5.41) is 2.90. The maximum absolute atomic E-state index is 11.7. The lowest BCUT2D eigenvalue weighted by atomic mass is 10.2. The number of amides is 1. The molecule has 0 fully saturated rings. The number of hydrogen-bond donors (Lipinski definition) is 2. The zero-order valence-electron chi connectivity index (χ0n) is 13.2. The molecular formula is C18H23ClN2O2. The van der Waals surface area contributed by atoms with Gasteiger partial charge in [-0.15, -0.1) is 12.4 Å². The van der Waals surface area contributed by atoms with Gasteiger partial charge >= 0.3 is 0 Å². The molecule has 1 amide bonds. The normalized spacial score (nSPS) is 9.83. The summed E-state index contributed by atoms with van der Waals surface area (Å²) in [5.41, 5.74) is 7.43. The molecule has 2 aromatic rings. The zero-order chi connectivity index (χ0) is 15.8. The van der Waals surface area contributed by atoms with Crippen molar-refractivity contribution >= 4 is 18.3 Å². The van der Waals surface area contributed by atoms with E-state index in [0.29, 0.717) is 25.9 Å². The Bertz CT molecular complexity index is 632. The van der Waals surface area contributed by atoms with Gasteiger partial charge in [-0.05, 0) is 37.6 Å². The van der Waals surface area contributed by atoms with Gasteiger partial charge in [0.1, 0.15) is 11.5 Å². The summed E-state index contributed by atoms with van der Waals surface area (Å²) in [6.45, 7) is 2.98. The van der Waals surface area contributed by atoms with Crippen LogP contribution in [0.5, 0.6) is 11.5 Å². The Kier molecular flexibility index (Phi) is 8.16. The molecule has 0 aliphatic rings. The highest BCUT2D eigenvalue weighted by Gasteiger charge is 2.07. The van der Waals surface area contributed by atoms with Crippen LogP contribution < -0.4 is 15.8 Å². The molecule has 0 aliphatic carbocycles. The number of aryl methyl sites for hydroxylation is 1. The lowest BCUT2D eigenvalue weighted by Gasteiger charge is -2.13. The molecule has 0 saturated carbocycles. The zero-order valence-corrected chi connectivity index (χ0v) is 14.1. The Hall–Kier alpha value is -2.04. The predicted molar refractivity (Wildman–Crippen MR) is 95.1 cm³/mol. The number of halogens is 1. The van der Waals surface area contributed by atoms with Gasteiger partial charge in [-0.2, -0.15) is 0 Å². The molecule has 23 heavy (non-hydrogen) atoms. The van der Waals surface area contributed by atoms with Crippen LogP contribution in [-0.2, 0) is 11.3 Å². The van der Waals surface area contributed by atoms with Gasteiger partial charge in [-0.25, -0.2) is 0 Å². The van der Waals surface area contributed by atoms with Crippen LogP contribution in [0.2, 0.25) is 0 Å². The number of nitrogens with one attached hydrogen (secondary N) is 1. The fourth-order valence-electron chi connectivity index (χ4n) is 2.08. The van der Waals surface area contributed by atoms with E-state index in [-0.39, 0.29) is 18.3 Å². The molecule has 0 bridgehead atoms. The molecule has 2 aromatic carbocycles. The summed E-state index contributed by atoms with van der Waals surface area (Å²) in [5.74, 6) is 1.59. The molecular weight excluding hydrogens is 312 g/mol. The van der Waals surface area contributed by atoms with Gasteiger partial charge in [0, 0.05) is 18.5 Å². The largest absolute Gasteiger partial charge is 0.457 e. The van der Waals surface area contributed by atoms with Crippen molar-refractivity contribution in [3.63, 3.8) is 0 Å². The van der Waals surface area contributed by atoms with Gasteiger partial charge in [-0.3, -0.25) is 4.79 Å². The maximum Gasteiger partial charge on any atom is 0.220 e. The summed E-state index contributed by atoms with van der Waals surface area (Å²) in [6.07, 6.45) is 1.16. The minimum absolute atomic E-state index is 0. The van der Waals surface area contributed by atoms with Crippen LogP contribution in [0.25, 0.3) is 0 Å². The molecule has 0 unspecified atom stereocenters. The monoisotopic (exact) mass is 334 g/mol. The number of ether oxygens (including phenoxy) is 1. The first kappa shape index (κ1) is 19.0. The van der Waals surface area contributed by atoms with E-state index >= 15 is 0 Å². The van der Waals surface area contributed by atoms with Gasteiger partial charge in [0.15, 0.2) is 0 Å². The number of hydrogen-bond acceptors (Lipinski definition) is 3. The van der Waals surface area contributed by atoms with E-state index in [1.165, 1.54) is 0 Å². The fourth-order valence-corrected chi connectivity index (χ4v) is 2.08. The lowest BCUT2D eigenvalue weighted by molar-refractivity contribution is -0.121. The van der Waals surface area contributed by atoms with Gasteiger partial charge in [0.2, 0.25) is 5.91 Å². The topological polar surface area (TPSA) is 64.3 Å². The highest BCUT2D eigenvalue weighted by Crippen LogP contribution is 2.27. The van der Waals surface area contributed by atoms with Crippen molar-refractivity contribution in [2.24, 2.45) is 5.73 Å². The SMILES string of the molecule is Cc1ccccc1Oc1ccccc1CNC(=O)CCCN.Cl. The van der Waals surface area contributed by atoms with Crippen LogP contribution in [0.4, 0.5) is 0 Å². The maximum atomic E-state index is 11.7. The van der Waals surface area contributed by atoms with Crippen molar-refractivity contribution in [1.29, 1.82) is 0 Å². The molecule has 3 N–H and O–H groups in total. The standard InChI is InChI=1S/C18H22N2O2.ClH/c1-14-7-2-4-9-16(14)22-17-10-5-3-8-15(17)13-20-18(21)11-6-12-19;/h2-5,7-10H,6,11-13,19H2,1H3,(H,20,21);1H. The number of rotatable bonds is 7. The number of nitrogens with two attached hydrogens (primary N) is 1. The molecule has 0 spiro atoms. The minimum atomic E-state index is 0. The Morgan fingerprint density at radius 1 is 1.09 bits per heavy atom. The van der Waals surface area contributed by atoms with Gasteiger partial charge in [0.05, 0.1) is 0 Å². The van der Waals surface area contributed by atoms with E-state index in [2.05, 4.69) is 5.32 Å². The third-order valence-electron chi connectivity index (χ3n) is 3.37. The highest BCUT2D eigenvalue weighted by molar-refractivity contribution is 5.85. The summed E-state index contributed by atoms with van der Waals surface area (Å²) < 4.78 is 5.98. The van der Waals surface area contributed by atoms with Crippen molar-refractivity contribution in [1.82, 2.24) is 5.32 Å². The first-order valence-electron chi connectivity index (χ1n) is 7.49. The summed E-state index contributed by atoms with van der Waals surface area (Å²) in [7, 11) is 0. The quantitative estimate of drug-likeness (QED) is 0.813. The second-order valence-electron chi connectivity index (χ2n) is 5.14. The number of benzene rings is 2. The third-order valence-corrected chi connectivity index (χ3v) is 3.37. The molecule has 0 heterocycles. The van der Waals surface area contributed by atoms with Crippen LogP contribution in [0, 0.1) is 6.92 Å². The lowest BCUT2D eigenvalue weighted by Crippen LogP contribution is -2.23. The number of carbonyl (C=O) groups excluding carboxylic acids is 1. The molecule has 0 aliphatic heterocycles. The van der Waals surface area contributed by atoms with E-state index in [4.69, 9.17) is 10.5 Å². The Balaban J connectivity index is 0.00000264. The number of para-hydroxylation sites is 2. The van der Waals surface area contributed by atoms with Gasteiger partial charge < -0.3 is 15.8 Å². The van der Waals surface area contributed by atoms with E-state index < -0.39 is 0 Å². The minimum Gasteiger partial charge on any atom is -0.457 e. The molecule has 2 rings (SSSR count). The molecule has 5 heteroatoms. The molecule has 0 atom stereocenters. The first-order valence-corrected chi connectivity index (χ1v) is 7.49. The molecule has 0 radical (unpaired) electrons. The van der Waals surface area contributed by atoms with Crippen LogP contribution >= 0.6 is 12.4 Å². The second kappa shape index (κ2) is 9.87. The van der Waals surface area contributed by atoms with E-state index in [9.17, 15) is 4.79 Å². The van der Waals surface area contributed by atoms with Gasteiger partial charge in [0.25, 0.3) is 0 Å². The Labute approximate surface area is 143 Å². The van der Waals surface area contributed by atoms with E-state index in [1.54, 1.807) is 0 Å². The van der Waals surface area contributed by atoms with Crippen molar-refractivity contribution in [2.75, 3.05) is 6.54 Å². The predicted octanol–water partition coefficient (Wildman–Crippen LogP) is 3.56. The number of carbonyl (C=O) groups is 1. The average molecular weight is 335 g/mol. The van der Waals surface area contributed by atoms with Crippen molar-refractivity contribution in [3.8, 4) is 11.5 Å². The summed E-state index contributed by atoms with van der Waals surface area (Å²) >= 11 is 0.